The van der Waals surface area contributed by atoms with Crippen LogP contribution in [0.1, 0.15) is 37.7 Å². The van der Waals surface area contributed by atoms with Crippen LogP contribution in [-0.4, -0.2) is 33.0 Å². The summed E-state index contributed by atoms with van der Waals surface area (Å²) in [7, 11) is 1.58. The van der Waals surface area contributed by atoms with Gasteiger partial charge in [0.1, 0.15) is 5.69 Å². The fourth-order valence-electron chi connectivity index (χ4n) is 3.15. The fourth-order valence-corrected chi connectivity index (χ4v) is 3.99. The first-order valence-corrected chi connectivity index (χ1v) is 10.7. The molecule has 2 aromatic carbocycles. The van der Waals surface area contributed by atoms with Gasteiger partial charge in [-0.2, -0.15) is 0 Å². The summed E-state index contributed by atoms with van der Waals surface area (Å²) in [4.78, 5) is 18.3. The van der Waals surface area contributed by atoms with Gasteiger partial charge in [-0.25, -0.2) is 9.67 Å². The van der Waals surface area contributed by atoms with Crippen molar-refractivity contribution in [1.82, 2.24) is 20.0 Å². The average Bonchev–Trinajstić information content (AvgIpc) is 3.38. The van der Waals surface area contributed by atoms with Crippen molar-refractivity contribution in [3.8, 4) is 5.69 Å². The van der Waals surface area contributed by atoms with Crippen LogP contribution in [0.3, 0.4) is 0 Å². The number of carbonyl (C=O) groups is 1. The van der Waals surface area contributed by atoms with Crippen molar-refractivity contribution in [3.63, 3.8) is 0 Å². The summed E-state index contributed by atoms with van der Waals surface area (Å²) in [5, 5.41) is 11.7. The van der Waals surface area contributed by atoms with Gasteiger partial charge in [0, 0.05) is 24.6 Å². The zero-order valence-corrected chi connectivity index (χ0v) is 18.4. The maximum absolute atomic E-state index is 12.9. The van der Waals surface area contributed by atoms with E-state index in [0.717, 1.165) is 22.5 Å². The monoisotopic (exact) mass is 433 g/mol. The van der Waals surface area contributed by atoms with E-state index in [1.807, 2.05) is 31.2 Å². The second kappa shape index (κ2) is 9.20. The molecule has 8 heteroatoms. The SMILES string of the molecule is COCc1c(C(=O)Nc2ncc(Cc3ccc(C)cc3)s2)nnn1-c1ccc(C)cc1. The molecule has 1 N–H and O–H groups in total. The van der Waals surface area contributed by atoms with Gasteiger partial charge in [0.05, 0.1) is 12.3 Å². The molecule has 2 heterocycles. The first kappa shape index (κ1) is 20.9. The number of rotatable bonds is 7. The highest BCUT2D eigenvalue weighted by Gasteiger charge is 2.21. The van der Waals surface area contributed by atoms with Crippen LogP contribution >= 0.6 is 11.3 Å². The van der Waals surface area contributed by atoms with Gasteiger partial charge in [-0.05, 0) is 31.5 Å². The van der Waals surface area contributed by atoms with Gasteiger partial charge in [-0.1, -0.05) is 52.7 Å². The Morgan fingerprint density at radius 1 is 1.06 bits per heavy atom. The van der Waals surface area contributed by atoms with Crippen LogP contribution in [0, 0.1) is 13.8 Å². The average molecular weight is 434 g/mol. The van der Waals surface area contributed by atoms with Crippen molar-refractivity contribution in [2.75, 3.05) is 12.4 Å². The highest BCUT2D eigenvalue weighted by Crippen LogP contribution is 2.23. The maximum atomic E-state index is 12.9. The Morgan fingerprint density at radius 3 is 2.42 bits per heavy atom. The molecule has 0 spiro atoms. The van der Waals surface area contributed by atoms with E-state index in [0.29, 0.717) is 10.8 Å². The predicted molar refractivity (Wildman–Crippen MR) is 121 cm³/mol. The molecule has 4 rings (SSSR count). The molecular formula is C23H23N5O2S. The number of anilines is 1. The van der Waals surface area contributed by atoms with Crippen molar-refractivity contribution < 1.29 is 9.53 Å². The number of hydrogen-bond donors (Lipinski definition) is 1. The lowest BCUT2D eigenvalue weighted by Crippen LogP contribution is -2.15. The summed E-state index contributed by atoms with van der Waals surface area (Å²) in [5.74, 6) is -0.360. The van der Waals surface area contributed by atoms with E-state index in [4.69, 9.17) is 4.74 Å². The molecule has 0 aliphatic heterocycles. The highest BCUT2D eigenvalue weighted by atomic mass is 32.1. The van der Waals surface area contributed by atoms with Gasteiger partial charge in [0.2, 0.25) is 0 Å². The van der Waals surface area contributed by atoms with Crippen molar-refractivity contribution in [2.24, 2.45) is 0 Å². The number of aromatic nitrogens is 4. The molecule has 7 nitrogen and oxygen atoms in total. The summed E-state index contributed by atoms with van der Waals surface area (Å²) in [6.45, 7) is 4.29. The molecule has 0 aliphatic carbocycles. The van der Waals surface area contributed by atoms with Crippen LogP contribution in [0.2, 0.25) is 0 Å². The number of aryl methyl sites for hydroxylation is 2. The van der Waals surface area contributed by atoms with Crippen LogP contribution in [0.25, 0.3) is 5.69 Å². The van der Waals surface area contributed by atoms with Crippen molar-refractivity contribution >= 4 is 22.4 Å². The van der Waals surface area contributed by atoms with E-state index in [1.165, 1.54) is 22.5 Å². The minimum atomic E-state index is -0.360. The Balaban J connectivity index is 1.51. The number of ether oxygens (including phenoxy) is 1. The number of amides is 1. The molecule has 0 saturated heterocycles. The molecule has 0 aliphatic rings. The standard InChI is InChI=1S/C23H23N5O2S/c1-15-4-8-17(9-5-15)12-19-13-24-23(31-19)25-22(29)21-20(14-30-3)28(27-26-21)18-10-6-16(2)7-11-18/h4-11,13H,12,14H2,1-3H3,(H,24,25,29). The number of methoxy groups -OCH3 is 1. The molecule has 4 aromatic rings. The van der Waals surface area contributed by atoms with Crippen molar-refractivity contribution in [2.45, 2.75) is 26.9 Å². The van der Waals surface area contributed by atoms with Gasteiger partial charge in [0.25, 0.3) is 5.91 Å². The van der Waals surface area contributed by atoms with Gasteiger partial charge in [0.15, 0.2) is 10.8 Å². The third-order valence-electron chi connectivity index (χ3n) is 4.81. The quantitative estimate of drug-likeness (QED) is 0.469. The van der Waals surface area contributed by atoms with Gasteiger partial charge < -0.3 is 4.74 Å². The molecule has 2 aromatic heterocycles. The zero-order chi connectivity index (χ0) is 21.8. The fraction of sp³-hybridized carbons (Fsp3) is 0.217. The number of carbonyl (C=O) groups excluding carboxylic acids is 1. The normalized spacial score (nSPS) is 10.9. The Bertz CT molecular complexity index is 1180. The number of thiazole rings is 1. The second-order valence-electron chi connectivity index (χ2n) is 7.31. The minimum absolute atomic E-state index is 0.209. The Kier molecular flexibility index (Phi) is 6.20. The molecule has 31 heavy (non-hydrogen) atoms. The smallest absolute Gasteiger partial charge is 0.280 e. The summed E-state index contributed by atoms with van der Waals surface area (Å²) in [6.07, 6.45) is 2.56. The third-order valence-corrected chi connectivity index (χ3v) is 5.72. The van der Waals surface area contributed by atoms with Crippen LogP contribution in [-0.2, 0) is 17.8 Å². The lowest BCUT2D eigenvalue weighted by Gasteiger charge is -2.07. The first-order chi connectivity index (χ1) is 15.0. The first-order valence-electron chi connectivity index (χ1n) is 9.85. The lowest BCUT2D eigenvalue weighted by atomic mass is 10.1. The van der Waals surface area contributed by atoms with E-state index >= 15 is 0 Å². The Labute approximate surface area is 184 Å². The van der Waals surface area contributed by atoms with Crippen LogP contribution in [0.4, 0.5) is 5.13 Å². The van der Waals surface area contributed by atoms with Gasteiger partial charge in [-0.3, -0.25) is 10.1 Å². The molecule has 0 bridgehead atoms. The summed E-state index contributed by atoms with van der Waals surface area (Å²) in [6, 6.07) is 16.2. The third kappa shape index (κ3) is 4.87. The number of nitrogens with zero attached hydrogens (tertiary/aromatic N) is 4. The van der Waals surface area contributed by atoms with Gasteiger partial charge in [-0.15, -0.1) is 16.4 Å². The highest BCUT2D eigenvalue weighted by molar-refractivity contribution is 7.15. The molecule has 0 atom stereocenters. The zero-order valence-electron chi connectivity index (χ0n) is 17.6. The summed E-state index contributed by atoms with van der Waals surface area (Å²) >= 11 is 1.45. The van der Waals surface area contributed by atoms with E-state index in [9.17, 15) is 4.79 Å². The number of nitrogens with one attached hydrogen (secondary N) is 1. The lowest BCUT2D eigenvalue weighted by molar-refractivity contribution is 0.101. The predicted octanol–water partition coefficient (Wildman–Crippen LogP) is 4.33. The maximum Gasteiger partial charge on any atom is 0.280 e. The van der Waals surface area contributed by atoms with E-state index < -0.39 is 0 Å². The number of benzene rings is 2. The molecule has 1 amide bonds. The summed E-state index contributed by atoms with van der Waals surface area (Å²) < 4.78 is 6.93. The molecular weight excluding hydrogens is 410 g/mol. The molecule has 0 radical (unpaired) electrons. The van der Waals surface area contributed by atoms with E-state index in [-0.39, 0.29) is 18.2 Å². The van der Waals surface area contributed by atoms with Crippen LogP contribution in [0.5, 0.6) is 0 Å². The molecule has 0 saturated carbocycles. The van der Waals surface area contributed by atoms with Crippen molar-refractivity contribution in [1.29, 1.82) is 0 Å². The molecule has 158 valence electrons. The summed E-state index contributed by atoms with van der Waals surface area (Å²) in [5.41, 5.74) is 5.19. The largest absolute Gasteiger partial charge is 0.378 e. The minimum Gasteiger partial charge on any atom is -0.378 e. The molecule has 0 unspecified atom stereocenters. The Hall–Kier alpha value is -3.36. The van der Waals surface area contributed by atoms with Crippen LogP contribution < -0.4 is 5.32 Å². The molecule has 0 fully saturated rings. The van der Waals surface area contributed by atoms with Crippen LogP contribution in [0.15, 0.2) is 54.7 Å². The van der Waals surface area contributed by atoms with Gasteiger partial charge >= 0.3 is 0 Å². The topological polar surface area (TPSA) is 81.9 Å². The second-order valence-corrected chi connectivity index (χ2v) is 8.43. The van der Waals surface area contributed by atoms with E-state index in [1.54, 1.807) is 18.0 Å². The Morgan fingerprint density at radius 2 is 1.74 bits per heavy atom. The van der Waals surface area contributed by atoms with Crippen molar-refractivity contribution in [3.05, 3.63) is 87.7 Å². The van der Waals surface area contributed by atoms with E-state index in [2.05, 4.69) is 51.8 Å². The number of hydrogen-bond acceptors (Lipinski definition) is 6.